The third kappa shape index (κ3) is 4.25. The van der Waals surface area contributed by atoms with Gasteiger partial charge in [-0.15, -0.1) is 0 Å². The van der Waals surface area contributed by atoms with E-state index in [0.29, 0.717) is 16.7 Å². The summed E-state index contributed by atoms with van der Waals surface area (Å²) in [6, 6.07) is 5.08. The summed E-state index contributed by atoms with van der Waals surface area (Å²) in [5.41, 5.74) is 0.736. The van der Waals surface area contributed by atoms with Crippen LogP contribution in [-0.2, 0) is 9.53 Å². The van der Waals surface area contributed by atoms with Crippen molar-refractivity contribution in [2.24, 2.45) is 0 Å². The van der Waals surface area contributed by atoms with Crippen LogP contribution in [0, 0.1) is 0 Å². The summed E-state index contributed by atoms with van der Waals surface area (Å²) in [6.45, 7) is 2.37. The van der Waals surface area contributed by atoms with Gasteiger partial charge in [0, 0.05) is 16.1 Å². The van der Waals surface area contributed by atoms with Crippen LogP contribution in [0.1, 0.15) is 18.9 Å². The molecule has 0 N–H and O–H groups in total. The number of halogens is 2. The summed E-state index contributed by atoms with van der Waals surface area (Å²) in [6.07, 6.45) is 3.77. The van der Waals surface area contributed by atoms with E-state index in [0.717, 1.165) is 12.0 Å². The van der Waals surface area contributed by atoms with Crippen molar-refractivity contribution in [3.8, 4) is 0 Å². The molecule has 0 aromatic heterocycles. The fourth-order valence-electron chi connectivity index (χ4n) is 1.05. The molecule has 1 rings (SSSR count). The average Bonchev–Trinajstić information content (AvgIpc) is 2.25. The van der Waals surface area contributed by atoms with Crippen molar-refractivity contribution < 1.29 is 9.53 Å². The third-order valence-electron chi connectivity index (χ3n) is 1.81. The predicted octanol–water partition coefficient (Wildman–Crippen LogP) is 3.96. The fourth-order valence-corrected chi connectivity index (χ4v) is 1.52. The number of carbonyl (C=O) groups excluding carboxylic acids is 1. The SMILES string of the molecule is CCCOC(=O)C=Cc1ccc(Cl)cc1Cl. The zero-order chi connectivity index (χ0) is 12.0. The Morgan fingerprint density at radius 3 is 2.81 bits per heavy atom. The lowest BCUT2D eigenvalue weighted by atomic mass is 10.2. The Morgan fingerprint density at radius 2 is 2.19 bits per heavy atom. The first-order chi connectivity index (χ1) is 7.63. The van der Waals surface area contributed by atoms with Gasteiger partial charge >= 0.3 is 5.97 Å². The molecule has 1 aromatic rings. The second kappa shape index (κ2) is 6.56. The van der Waals surface area contributed by atoms with E-state index in [1.807, 2.05) is 6.92 Å². The summed E-state index contributed by atoms with van der Waals surface area (Å²) in [5.74, 6) is -0.368. The molecule has 0 amide bonds. The van der Waals surface area contributed by atoms with Crippen molar-refractivity contribution in [3.63, 3.8) is 0 Å². The molecule has 0 atom stereocenters. The number of carbonyl (C=O) groups is 1. The highest BCUT2D eigenvalue weighted by atomic mass is 35.5. The lowest BCUT2D eigenvalue weighted by molar-refractivity contribution is -0.137. The Balaban J connectivity index is 2.65. The fraction of sp³-hybridized carbons (Fsp3) is 0.250. The van der Waals surface area contributed by atoms with E-state index in [1.165, 1.54) is 6.08 Å². The molecular formula is C12H12Cl2O2. The summed E-state index contributed by atoms with van der Waals surface area (Å²) >= 11 is 11.7. The molecule has 0 saturated carbocycles. The van der Waals surface area contributed by atoms with Crippen LogP contribution in [-0.4, -0.2) is 12.6 Å². The Kier molecular flexibility index (Phi) is 5.36. The number of ether oxygens (including phenoxy) is 1. The van der Waals surface area contributed by atoms with Crippen molar-refractivity contribution in [1.82, 2.24) is 0 Å². The van der Waals surface area contributed by atoms with E-state index in [2.05, 4.69) is 0 Å². The van der Waals surface area contributed by atoms with Gasteiger partial charge in [0.05, 0.1) is 6.61 Å². The number of hydrogen-bond donors (Lipinski definition) is 0. The van der Waals surface area contributed by atoms with Gasteiger partial charge in [0.2, 0.25) is 0 Å². The van der Waals surface area contributed by atoms with Gasteiger partial charge < -0.3 is 4.74 Å². The molecule has 0 aliphatic rings. The topological polar surface area (TPSA) is 26.3 Å². The van der Waals surface area contributed by atoms with Crippen LogP contribution in [0.4, 0.5) is 0 Å². The van der Waals surface area contributed by atoms with Crippen molar-refractivity contribution in [2.45, 2.75) is 13.3 Å². The highest BCUT2D eigenvalue weighted by Gasteiger charge is 1.99. The van der Waals surface area contributed by atoms with Crippen LogP contribution in [0.5, 0.6) is 0 Å². The van der Waals surface area contributed by atoms with E-state index < -0.39 is 0 Å². The molecule has 0 spiro atoms. The molecule has 86 valence electrons. The standard InChI is InChI=1S/C12H12Cl2O2/c1-2-7-16-12(15)6-4-9-3-5-10(13)8-11(9)14/h3-6,8H,2,7H2,1H3. The van der Waals surface area contributed by atoms with Crippen LogP contribution in [0.2, 0.25) is 10.0 Å². The van der Waals surface area contributed by atoms with Gasteiger partial charge in [0.1, 0.15) is 0 Å². The van der Waals surface area contributed by atoms with Gasteiger partial charge in [0.15, 0.2) is 0 Å². The van der Waals surface area contributed by atoms with Crippen LogP contribution in [0.3, 0.4) is 0 Å². The maximum atomic E-state index is 11.2. The minimum Gasteiger partial charge on any atom is -0.463 e. The molecule has 0 saturated heterocycles. The minimum atomic E-state index is -0.368. The number of benzene rings is 1. The molecule has 4 heteroatoms. The highest BCUT2D eigenvalue weighted by Crippen LogP contribution is 2.21. The van der Waals surface area contributed by atoms with E-state index in [-0.39, 0.29) is 5.97 Å². The number of hydrogen-bond acceptors (Lipinski definition) is 2. The van der Waals surface area contributed by atoms with Gasteiger partial charge in [-0.2, -0.15) is 0 Å². The second-order valence-corrected chi connectivity index (χ2v) is 4.01. The van der Waals surface area contributed by atoms with E-state index in [4.69, 9.17) is 27.9 Å². The maximum absolute atomic E-state index is 11.2. The van der Waals surface area contributed by atoms with Crippen LogP contribution in [0.15, 0.2) is 24.3 Å². The summed E-state index contributed by atoms with van der Waals surface area (Å²) in [4.78, 5) is 11.2. The Labute approximate surface area is 105 Å². The molecule has 0 unspecified atom stereocenters. The van der Waals surface area contributed by atoms with Gasteiger partial charge in [-0.05, 0) is 30.2 Å². The van der Waals surface area contributed by atoms with Gasteiger partial charge in [0.25, 0.3) is 0 Å². The third-order valence-corrected chi connectivity index (χ3v) is 2.37. The Bertz CT molecular complexity index is 400. The molecule has 0 fully saturated rings. The molecule has 0 heterocycles. The molecule has 16 heavy (non-hydrogen) atoms. The van der Waals surface area contributed by atoms with Crippen molar-refractivity contribution in [2.75, 3.05) is 6.61 Å². The zero-order valence-corrected chi connectivity index (χ0v) is 10.4. The Hall–Kier alpha value is -0.990. The summed E-state index contributed by atoms with van der Waals surface area (Å²) in [5, 5.41) is 1.07. The minimum absolute atomic E-state index is 0.368. The first-order valence-corrected chi connectivity index (χ1v) is 5.69. The van der Waals surface area contributed by atoms with Crippen molar-refractivity contribution in [3.05, 3.63) is 39.9 Å². The first-order valence-electron chi connectivity index (χ1n) is 4.93. The van der Waals surface area contributed by atoms with Crippen molar-refractivity contribution >= 4 is 35.2 Å². The quantitative estimate of drug-likeness (QED) is 0.604. The average molecular weight is 259 g/mol. The molecule has 2 nitrogen and oxygen atoms in total. The lowest BCUT2D eigenvalue weighted by Gasteiger charge is -1.99. The molecule has 0 aliphatic heterocycles. The summed E-state index contributed by atoms with van der Waals surface area (Å²) in [7, 11) is 0. The smallest absolute Gasteiger partial charge is 0.330 e. The second-order valence-electron chi connectivity index (χ2n) is 3.17. The van der Waals surface area contributed by atoms with Crippen LogP contribution < -0.4 is 0 Å². The summed E-state index contributed by atoms with van der Waals surface area (Å²) < 4.78 is 4.88. The van der Waals surface area contributed by atoms with E-state index in [9.17, 15) is 4.79 Å². The number of rotatable bonds is 4. The highest BCUT2D eigenvalue weighted by molar-refractivity contribution is 6.35. The van der Waals surface area contributed by atoms with Crippen molar-refractivity contribution in [1.29, 1.82) is 0 Å². The molecule has 1 aromatic carbocycles. The monoisotopic (exact) mass is 258 g/mol. The number of esters is 1. The molecule has 0 bridgehead atoms. The first kappa shape index (κ1) is 13.1. The normalized spacial score (nSPS) is 10.7. The molecule has 0 aliphatic carbocycles. The molecular weight excluding hydrogens is 247 g/mol. The van der Waals surface area contributed by atoms with E-state index in [1.54, 1.807) is 24.3 Å². The van der Waals surface area contributed by atoms with E-state index >= 15 is 0 Å². The predicted molar refractivity (Wildman–Crippen MR) is 66.7 cm³/mol. The molecule has 0 radical (unpaired) electrons. The maximum Gasteiger partial charge on any atom is 0.330 e. The van der Waals surface area contributed by atoms with Gasteiger partial charge in [-0.25, -0.2) is 4.79 Å². The Morgan fingerprint density at radius 1 is 1.44 bits per heavy atom. The van der Waals surface area contributed by atoms with Crippen LogP contribution >= 0.6 is 23.2 Å². The largest absolute Gasteiger partial charge is 0.463 e. The zero-order valence-electron chi connectivity index (χ0n) is 8.87. The van der Waals surface area contributed by atoms with Gasteiger partial charge in [-0.1, -0.05) is 36.2 Å². The van der Waals surface area contributed by atoms with Gasteiger partial charge in [-0.3, -0.25) is 0 Å². The van der Waals surface area contributed by atoms with Crippen LogP contribution in [0.25, 0.3) is 6.08 Å². The lowest BCUT2D eigenvalue weighted by Crippen LogP contribution is -2.00.